The SMILES string of the molecule is CCC1C(=O)NC(=O)CN1S(=O)(=O)c1cc(Cl)cc(Cl)c1. The van der Waals surface area contributed by atoms with Gasteiger partial charge in [0, 0.05) is 10.0 Å². The monoisotopic (exact) mass is 350 g/mol. The molecule has 0 aliphatic carbocycles. The standard InChI is InChI=1S/C12H12Cl2N2O4S/c1-2-10-12(18)15-11(17)6-16(10)21(19,20)9-4-7(13)3-8(14)5-9/h3-5,10H,2,6H2,1H3,(H,15,17,18). The van der Waals surface area contributed by atoms with Crippen LogP contribution < -0.4 is 5.32 Å². The highest BCUT2D eigenvalue weighted by Gasteiger charge is 2.40. The Balaban J connectivity index is 2.50. The number of halogens is 2. The van der Waals surface area contributed by atoms with E-state index in [1.54, 1.807) is 6.92 Å². The van der Waals surface area contributed by atoms with Crippen LogP contribution in [0.15, 0.2) is 23.1 Å². The van der Waals surface area contributed by atoms with Crippen LogP contribution in [0.25, 0.3) is 0 Å². The summed E-state index contributed by atoms with van der Waals surface area (Å²) in [5.41, 5.74) is 0. The second-order valence-corrected chi connectivity index (χ2v) is 7.26. The number of benzene rings is 1. The fraction of sp³-hybridized carbons (Fsp3) is 0.333. The summed E-state index contributed by atoms with van der Waals surface area (Å²) in [6, 6.07) is 2.91. The Morgan fingerprint density at radius 1 is 1.24 bits per heavy atom. The number of sulfonamides is 1. The van der Waals surface area contributed by atoms with Crippen molar-refractivity contribution in [3.63, 3.8) is 0 Å². The first kappa shape index (κ1) is 16.2. The maximum atomic E-state index is 12.6. The zero-order valence-electron chi connectivity index (χ0n) is 11.0. The number of piperazine rings is 1. The summed E-state index contributed by atoms with van der Waals surface area (Å²) in [6.45, 7) is 1.24. The average Bonchev–Trinajstić information content (AvgIpc) is 2.36. The van der Waals surface area contributed by atoms with E-state index in [0.29, 0.717) is 0 Å². The van der Waals surface area contributed by atoms with Gasteiger partial charge in [0.2, 0.25) is 21.8 Å². The molecule has 1 fully saturated rings. The van der Waals surface area contributed by atoms with Crippen molar-refractivity contribution in [3.05, 3.63) is 28.2 Å². The number of rotatable bonds is 3. The highest BCUT2D eigenvalue weighted by atomic mass is 35.5. The molecule has 1 aliphatic rings. The molecule has 0 aromatic heterocycles. The van der Waals surface area contributed by atoms with Crippen molar-refractivity contribution in [1.29, 1.82) is 0 Å². The summed E-state index contributed by atoms with van der Waals surface area (Å²) >= 11 is 11.6. The lowest BCUT2D eigenvalue weighted by atomic mass is 10.2. The number of amides is 2. The maximum absolute atomic E-state index is 12.6. The van der Waals surface area contributed by atoms with Gasteiger partial charge in [0.15, 0.2) is 0 Å². The minimum Gasteiger partial charge on any atom is -0.294 e. The van der Waals surface area contributed by atoms with Crippen molar-refractivity contribution in [1.82, 2.24) is 9.62 Å². The van der Waals surface area contributed by atoms with Crippen molar-refractivity contribution in [2.24, 2.45) is 0 Å². The van der Waals surface area contributed by atoms with E-state index in [0.717, 1.165) is 4.31 Å². The maximum Gasteiger partial charge on any atom is 0.245 e. The van der Waals surface area contributed by atoms with Crippen molar-refractivity contribution in [2.45, 2.75) is 24.3 Å². The predicted octanol–water partition coefficient (Wildman–Crippen LogP) is 1.42. The largest absolute Gasteiger partial charge is 0.294 e. The lowest BCUT2D eigenvalue weighted by molar-refractivity contribution is -0.137. The van der Waals surface area contributed by atoms with Gasteiger partial charge in [-0.1, -0.05) is 30.1 Å². The molecule has 114 valence electrons. The molecule has 1 heterocycles. The van der Waals surface area contributed by atoms with E-state index < -0.39 is 34.4 Å². The van der Waals surface area contributed by atoms with Gasteiger partial charge in [-0.3, -0.25) is 14.9 Å². The topological polar surface area (TPSA) is 83.6 Å². The molecule has 0 saturated carbocycles. The molecule has 21 heavy (non-hydrogen) atoms. The van der Waals surface area contributed by atoms with Crippen LogP contribution in [-0.2, 0) is 19.6 Å². The fourth-order valence-corrected chi connectivity index (χ4v) is 4.44. The molecule has 1 aromatic rings. The summed E-state index contributed by atoms with van der Waals surface area (Å²) in [7, 11) is -4.05. The number of hydrogen-bond acceptors (Lipinski definition) is 4. The summed E-state index contributed by atoms with van der Waals surface area (Å²) < 4.78 is 26.1. The van der Waals surface area contributed by atoms with Gasteiger partial charge in [0.25, 0.3) is 0 Å². The molecule has 1 saturated heterocycles. The van der Waals surface area contributed by atoms with E-state index in [-0.39, 0.29) is 21.4 Å². The van der Waals surface area contributed by atoms with E-state index in [1.165, 1.54) is 18.2 Å². The average molecular weight is 351 g/mol. The van der Waals surface area contributed by atoms with E-state index in [2.05, 4.69) is 5.32 Å². The lowest BCUT2D eigenvalue weighted by Crippen LogP contribution is -2.59. The number of nitrogens with one attached hydrogen (secondary N) is 1. The Kier molecular flexibility index (Phi) is 4.57. The quantitative estimate of drug-likeness (QED) is 0.835. The zero-order valence-corrected chi connectivity index (χ0v) is 13.3. The van der Waals surface area contributed by atoms with Gasteiger partial charge in [-0.15, -0.1) is 0 Å². The number of carbonyl (C=O) groups excluding carboxylic acids is 2. The Labute approximate surface area is 132 Å². The van der Waals surface area contributed by atoms with Gasteiger partial charge >= 0.3 is 0 Å². The second-order valence-electron chi connectivity index (χ2n) is 4.49. The van der Waals surface area contributed by atoms with Gasteiger partial charge in [0.05, 0.1) is 11.4 Å². The Bertz CT molecular complexity index is 685. The Morgan fingerprint density at radius 2 is 1.81 bits per heavy atom. The van der Waals surface area contributed by atoms with Crippen LogP contribution in [0.1, 0.15) is 13.3 Å². The van der Waals surface area contributed by atoms with E-state index in [1.807, 2.05) is 0 Å². The normalized spacial score (nSPS) is 20.4. The third-order valence-corrected chi connectivity index (χ3v) is 5.31. The lowest BCUT2D eigenvalue weighted by Gasteiger charge is -2.32. The first-order valence-electron chi connectivity index (χ1n) is 6.07. The highest BCUT2D eigenvalue weighted by molar-refractivity contribution is 7.89. The number of imide groups is 1. The van der Waals surface area contributed by atoms with Crippen molar-refractivity contribution >= 4 is 45.0 Å². The van der Waals surface area contributed by atoms with Crippen LogP contribution in [0, 0.1) is 0 Å². The molecular weight excluding hydrogens is 339 g/mol. The number of carbonyl (C=O) groups is 2. The first-order chi connectivity index (χ1) is 9.75. The minimum absolute atomic E-state index is 0.152. The fourth-order valence-electron chi connectivity index (χ4n) is 2.10. The third-order valence-electron chi connectivity index (χ3n) is 3.04. The summed E-state index contributed by atoms with van der Waals surface area (Å²) in [5.74, 6) is -1.30. The molecule has 1 atom stereocenters. The highest BCUT2D eigenvalue weighted by Crippen LogP contribution is 2.27. The van der Waals surface area contributed by atoms with Crippen LogP contribution in [0.2, 0.25) is 10.0 Å². The predicted molar refractivity (Wildman–Crippen MR) is 77.6 cm³/mol. The molecule has 0 bridgehead atoms. The van der Waals surface area contributed by atoms with Crippen LogP contribution in [-0.4, -0.2) is 37.1 Å². The minimum atomic E-state index is -4.05. The Hall–Kier alpha value is -1.15. The molecule has 0 radical (unpaired) electrons. The smallest absolute Gasteiger partial charge is 0.245 e. The van der Waals surface area contributed by atoms with Crippen LogP contribution in [0.5, 0.6) is 0 Å². The van der Waals surface area contributed by atoms with E-state index in [4.69, 9.17) is 23.2 Å². The van der Waals surface area contributed by atoms with Gasteiger partial charge in [-0.25, -0.2) is 8.42 Å². The Morgan fingerprint density at radius 3 is 2.33 bits per heavy atom. The molecule has 1 aromatic carbocycles. The molecule has 6 nitrogen and oxygen atoms in total. The molecule has 2 rings (SSSR count). The summed E-state index contributed by atoms with van der Waals surface area (Å²) in [4.78, 5) is 23.1. The van der Waals surface area contributed by atoms with Crippen molar-refractivity contribution < 1.29 is 18.0 Å². The number of nitrogens with zero attached hydrogens (tertiary/aromatic N) is 1. The van der Waals surface area contributed by atoms with Crippen molar-refractivity contribution in [2.75, 3.05) is 6.54 Å². The molecule has 9 heteroatoms. The molecule has 1 N–H and O–H groups in total. The van der Waals surface area contributed by atoms with E-state index >= 15 is 0 Å². The molecular formula is C12H12Cl2N2O4S. The summed E-state index contributed by atoms with van der Waals surface area (Å²) in [6.07, 6.45) is 0.243. The van der Waals surface area contributed by atoms with Crippen LogP contribution in [0.4, 0.5) is 0 Å². The van der Waals surface area contributed by atoms with Crippen LogP contribution >= 0.6 is 23.2 Å². The third kappa shape index (κ3) is 3.21. The second kappa shape index (κ2) is 5.92. The summed E-state index contributed by atoms with van der Waals surface area (Å²) in [5, 5.41) is 2.43. The van der Waals surface area contributed by atoms with E-state index in [9.17, 15) is 18.0 Å². The van der Waals surface area contributed by atoms with Gasteiger partial charge in [0.1, 0.15) is 6.04 Å². The molecule has 0 spiro atoms. The molecule has 1 aliphatic heterocycles. The van der Waals surface area contributed by atoms with Crippen molar-refractivity contribution in [3.8, 4) is 0 Å². The van der Waals surface area contributed by atoms with Gasteiger partial charge < -0.3 is 0 Å². The number of hydrogen-bond donors (Lipinski definition) is 1. The first-order valence-corrected chi connectivity index (χ1v) is 8.27. The van der Waals surface area contributed by atoms with Crippen LogP contribution in [0.3, 0.4) is 0 Å². The zero-order chi connectivity index (χ0) is 15.8. The van der Waals surface area contributed by atoms with Gasteiger partial charge in [-0.05, 0) is 24.6 Å². The van der Waals surface area contributed by atoms with Gasteiger partial charge in [-0.2, -0.15) is 4.31 Å². The molecule has 2 amide bonds. The molecule has 1 unspecified atom stereocenters.